The molecule has 0 aliphatic carbocycles. The topological polar surface area (TPSA) is 24.5 Å². The van der Waals surface area contributed by atoms with E-state index in [9.17, 15) is 0 Å². The summed E-state index contributed by atoms with van der Waals surface area (Å²) in [6, 6.07) is 19.5. The van der Waals surface area contributed by atoms with Gasteiger partial charge in [0, 0.05) is 18.2 Å². The van der Waals surface area contributed by atoms with Crippen LogP contribution in [0.3, 0.4) is 0 Å². The molecule has 1 fully saturated rings. The lowest BCUT2D eigenvalue weighted by atomic mass is 10.0. The summed E-state index contributed by atoms with van der Waals surface area (Å²) in [6.07, 6.45) is 5.24. The first-order valence-corrected chi connectivity index (χ1v) is 9.49. The molecular formula is C22H30N2O. The zero-order chi connectivity index (χ0) is 17.3. The summed E-state index contributed by atoms with van der Waals surface area (Å²) in [7, 11) is 1.74. The molecule has 1 atom stereocenters. The molecular weight excluding hydrogens is 308 g/mol. The van der Waals surface area contributed by atoms with Crippen molar-refractivity contribution in [1.29, 1.82) is 0 Å². The molecule has 1 unspecified atom stereocenters. The molecule has 2 aromatic rings. The van der Waals surface area contributed by atoms with Crippen LogP contribution in [0.15, 0.2) is 54.6 Å². The largest absolute Gasteiger partial charge is 0.496 e. The number of nitrogens with one attached hydrogen (secondary N) is 1. The van der Waals surface area contributed by atoms with Crippen molar-refractivity contribution in [3.63, 3.8) is 0 Å². The molecule has 134 valence electrons. The highest BCUT2D eigenvalue weighted by Gasteiger charge is 2.15. The molecule has 0 spiro atoms. The molecule has 0 amide bonds. The fourth-order valence-corrected chi connectivity index (χ4v) is 3.65. The number of ether oxygens (including phenoxy) is 1. The number of methoxy groups -OCH3 is 1. The van der Waals surface area contributed by atoms with Crippen LogP contribution in [0.4, 0.5) is 0 Å². The van der Waals surface area contributed by atoms with Gasteiger partial charge in [-0.05, 0) is 50.5 Å². The summed E-state index contributed by atoms with van der Waals surface area (Å²) in [6.45, 7) is 4.50. The fourth-order valence-electron chi connectivity index (χ4n) is 3.65. The van der Waals surface area contributed by atoms with E-state index in [1.807, 2.05) is 12.1 Å². The van der Waals surface area contributed by atoms with Gasteiger partial charge in [0.05, 0.1) is 7.11 Å². The molecule has 0 aromatic heterocycles. The molecule has 1 aliphatic heterocycles. The van der Waals surface area contributed by atoms with E-state index in [1.54, 1.807) is 7.11 Å². The van der Waals surface area contributed by atoms with Crippen molar-refractivity contribution >= 4 is 0 Å². The Hall–Kier alpha value is -1.84. The van der Waals surface area contributed by atoms with Crippen LogP contribution in [0.25, 0.3) is 0 Å². The van der Waals surface area contributed by atoms with Gasteiger partial charge in [-0.1, -0.05) is 55.0 Å². The van der Waals surface area contributed by atoms with Crippen molar-refractivity contribution in [3.05, 3.63) is 65.7 Å². The first-order valence-electron chi connectivity index (χ1n) is 9.49. The molecule has 1 N–H and O–H groups in total. The average Bonchev–Trinajstić information content (AvgIpc) is 2.70. The molecule has 1 saturated heterocycles. The monoisotopic (exact) mass is 338 g/mol. The number of benzene rings is 2. The van der Waals surface area contributed by atoms with E-state index in [2.05, 4.69) is 52.7 Å². The van der Waals surface area contributed by atoms with Gasteiger partial charge in [0.2, 0.25) is 0 Å². The summed E-state index contributed by atoms with van der Waals surface area (Å²) in [4.78, 5) is 2.62. The van der Waals surface area contributed by atoms with Crippen molar-refractivity contribution in [2.45, 2.75) is 38.3 Å². The first kappa shape index (κ1) is 18.0. The van der Waals surface area contributed by atoms with E-state index in [1.165, 1.54) is 50.0 Å². The van der Waals surface area contributed by atoms with Crippen LogP contribution in [-0.4, -0.2) is 31.6 Å². The van der Waals surface area contributed by atoms with Crippen LogP contribution in [0, 0.1) is 0 Å². The van der Waals surface area contributed by atoms with Gasteiger partial charge >= 0.3 is 0 Å². The van der Waals surface area contributed by atoms with Gasteiger partial charge in [-0.3, -0.25) is 0 Å². The quantitative estimate of drug-likeness (QED) is 0.772. The van der Waals surface area contributed by atoms with Crippen molar-refractivity contribution < 1.29 is 4.74 Å². The van der Waals surface area contributed by atoms with Gasteiger partial charge in [-0.25, -0.2) is 0 Å². The predicted octanol–water partition coefficient (Wildman–Crippen LogP) is 4.40. The molecule has 3 heteroatoms. The van der Waals surface area contributed by atoms with E-state index < -0.39 is 0 Å². The average molecular weight is 338 g/mol. The van der Waals surface area contributed by atoms with E-state index >= 15 is 0 Å². The number of likely N-dealkylation sites (tertiary alicyclic amines) is 1. The Balaban J connectivity index is 1.63. The Kier molecular flexibility index (Phi) is 6.89. The number of hydrogen-bond donors (Lipinski definition) is 1. The van der Waals surface area contributed by atoms with Crippen LogP contribution < -0.4 is 10.1 Å². The maximum Gasteiger partial charge on any atom is 0.123 e. The third-order valence-electron chi connectivity index (χ3n) is 5.12. The summed E-state index contributed by atoms with van der Waals surface area (Å²) in [5.74, 6) is 0.956. The minimum absolute atomic E-state index is 0.369. The second-order valence-electron chi connectivity index (χ2n) is 6.85. The van der Waals surface area contributed by atoms with Crippen LogP contribution in [-0.2, 0) is 6.54 Å². The van der Waals surface area contributed by atoms with Crippen LogP contribution in [0.5, 0.6) is 5.75 Å². The lowest BCUT2D eigenvalue weighted by Gasteiger charge is -2.29. The molecule has 1 heterocycles. The smallest absolute Gasteiger partial charge is 0.123 e. The van der Waals surface area contributed by atoms with Crippen LogP contribution >= 0.6 is 0 Å². The highest BCUT2D eigenvalue weighted by atomic mass is 16.5. The zero-order valence-corrected chi connectivity index (χ0v) is 15.3. The molecule has 3 nitrogen and oxygen atoms in total. The van der Waals surface area contributed by atoms with Crippen molar-refractivity contribution in [2.75, 3.05) is 26.7 Å². The van der Waals surface area contributed by atoms with E-state index in [-0.39, 0.29) is 0 Å². The van der Waals surface area contributed by atoms with Crippen molar-refractivity contribution in [2.24, 2.45) is 0 Å². The van der Waals surface area contributed by atoms with Crippen LogP contribution in [0.2, 0.25) is 0 Å². The molecule has 1 aliphatic rings. The van der Waals surface area contributed by atoms with Crippen molar-refractivity contribution in [1.82, 2.24) is 10.2 Å². The summed E-state index contributed by atoms with van der Waals surface area (Å²) in [5.41, 5.74) is 2.58. The van der Waals surface area contributed by atoms with E-state index in [0.29, 0.717) is 6.04 Å². The Morgan fingerprint density at radius 1 is 0.960 bits per heavy atom. The fraction of sp³-hybridized carbons (Fsp3) is 0.455. The number of rotatable bonds is 8. The van der Waals surface area contributed by atoms with Gasteiger partial charge in [-0.15, -0.1) is 0 Å². The molecule has 0 bridgehead atoms. The molecule has 0 radical (unpaired) electrons. The minimum atomic E-state index is 0.369. The second kappa shape index (κ2) is 9.59. The Labute approximate surface area is 152 Å². The van der Waals surface area contributed by atoms with Crippen molar-refractivity contribution in [3.8, 4) is 5.75 Å². The summed E-state index contributed by atoms with van der Waals surface area (Å²) in [5, 5.41) is 3.76. The zero-order valence-electron chi connectivity index (χ0n) is 15.3. The lowest BCUT2D eigenvalue weighted by molar-refractivity contribution is 0.216. The highest BCUT2D eigenvalue weighted by molar-refractivity contribution is 5.33. The van der Waals surface area contributed by atoms with Gasteiger partial charge < -0.3 is 15.0 Å². The predicted molar refractivity (Wildman–Crippen MR) is 104 cm³/mol. The molecule has 2 aromatic carbocycles. The number of nitrogens with zero attached hydrogens (tertiary/aromatic N) is 1. The maximum atomic E-state index is 5.49. The van der Waals surface area contributed by atoms with Crippen LogP contribution in [0.1, 0.15) is 42.9 Å². The summed E-state index contributed by atoms with van der Waals surface area (Å²) >= 11 is 0. The molecule has 0 saturated carbocycles. The second-order valence-corrected chi connectivity index (χ2v) is 6.85. The van der Waals surface area contributed by atoms with E-state index in [0.717, 1.165) is 18.7 Å². The SMILES string of the molecule is COc1ccccc1CNC(CCN1CCCCC1)c1ccccc1. The third-order valence-corrected chi connectivity index (χ3v) is 5.12. The Morgan fingerprint density at radius 2 is 1.68 bits per heavy atom. The van der Waals surface area contributed by atoms with Gasteiger partial charge in [0.25, 0.3) is 0 Å². The third kappa shape index (κ3) is 5.32. The normalized spacial score (nSPS) is 16.5. The Bertz CT molecular complexity index is 623. The van der Waals surface area contributed by atoms with Gasteiger partial charge in [-0.2, -0.15) is 0 Å². The number of hydrogen-bond acceptors (Lipinski definition) is 3. The standard InChI is InChI=1S/C22H30N2O/c1-25-22-13-7-6-12-20(22)18-23-21(19-10-4-2-5-11-19)14-17-24-15-8-3-9-16-24/h2,4-7,10-13,21,23H,3,8-9,14-18H2,1H3. The summed E-state index contributed by atoms with van der Waals surface area (Å²) < 4.78 is 5.49. The number of para-hydroxylation sites is 1. The highest BCUT2D eigenvalue weighted by Crippen LogP contribution is 2.22. The first-order chi connectivity index (χ1) is 12.4. The minimum Gasteiger partial charge on any atom is -0.496 e. The molecule has 3 rings (SSSR count). The Morgan fingerprint density at radius 3 is 2.44 bits per heavy atom. The lowest BCUT2D eigenvalue weighted by Crippen LogP contribution is -2.33. The maximum absolute atomic E-state index is 5.49. The van der Waals surface area contributed by atoms with Gasteiger partial charge in [0.15, 0.2) is 0 Å². The molecule has 25 heavy (non-hydrogen) atoms. The van der Waals surface area contributed by atoms with Gasteiger partial charge in [0.1, 0.15) is 5.75 Å². The number of piperidine rings is 1. The van der Waals surface area contributed by atoms with E-state index in [4.69, 9.17) is 4.74 Å².